The fraction of sp³-hybridized carbons (Fsp3) is 0.750. The van der Waals surface area contributed by atoms with Gasteiger partial charge in [-0.05, 0) is 32.1 Å². The van der Waals surface area contributed by atoms with Crippen molar-refractivity contribution in [3.8, 4) is 0 Å². The SMILES string of the molecule is CCOC(=O)/C=C/O[C@@H]1C[C@@H]2CCCC[C@H]2O[C@H]1CC=O. The van der Waals surface area contributed by atoms with Gasteiger partial charge in [-0.15, -0.1) is 0 Å². The number of hydrogen-bond acceptors (Lipinski definition) is 5. The van der Waals surface area contributed by atoms with Crippen LogP contribution in [0.2, 0.25) is 0 Å². The molecular weight excluding hydrogens is 272 g/mol. The fourth-order valence-corrected chi connectivity index (χ4v) is 3.22. The zero-order chi connectivity index (χ0) is 15.1. The molecule has 1 saturated heterocycles. The Balaban J connectivity index is 1.91. The maximum Gasteiger partial charge on any atom is 0.333 e. The predicted octanol–water partition coefficient (Wildman–Crippen LogP) is 2.39. The Labute approximate surface area is 125 Å². The summed E-state index contributed by atoms with van der Waals surface area (Å²) < 4.78 is 16.5. The third-order valence-corrected chi connectivity index (χ3v) is 4.21. The molecule has 0 spiro atoms. The molecule has 0 bridgehead atoms. The Morgan fingerprint density at radius 3 is 2.90 bits per heavy atom. The second-order valence-corrected chi connectivity index (χ2v) is 5.62. The molecule has 21 heavy (non-hydrogen) atoms. The van der Waals surface area contributed by atoms with Crippen molar-refractivity contribution >= 4 is 12.3 Å². The lowest BCUT2D eigenvalue weighted by atomic mass is 9.79. The van der Waals surface area contributed by atoms with Crippen molar-refractivity contribution in [1.29, 1.82) is 0 Å². The fourth-order valence-electron chi connectivity index (χ4n) is 3.22. The zero-order valence-electron chi connectivity index (χ0n) is 12.5. The molecule has 0 aromatic rings. The number of carbonyl (C=O) groups excluding carboxylic acids is 2. The summed E-state index contributed by atoms with van der Waals surface area (Å²) in [4.78, 5) is 22.1. The third-order valence-electron chi connectivity index (χ3n) is 4.21. The molecule has 0 N–H and O–H groups in total. The van der Waals surface area contributed by atoms with E-state index in [9.17, 15) is 9.59 Å². The number of hydrogen-bond donors (Lipinski definition) is 0. The van der Waals surface area contributed by atoms with Crippen molar-refractivity contribution in [3.63, 3.8) is 0 Å². The topological polar surface area (TPSA) is 61.8 Å². The van der Waals surface area contributed by atoms with Crippen LogP contribution in [0.5, 0.6) is 0 Å². The van der Waals surface area contributed by atoms with Crippen molar-refractivity contribution in [2.75, 3.05) is 6.61 Å². The van der Waals surface area contributed by atoms with E-state index >= 15 is 0 Å². The first-order valence-corrected chi connectivity index (χ1v) is 7.82. The van der Waals surface area contributed by atoms with Crippen LogP contribution >= 0.6 is 0 Å². The molecule has 0 aromatic heterocycles. The minimum Gasteiger partial charge on any atom is -0.495 e. The molecule has 4 atom stereocenters. The molecule has 0 amide bonds. The van der Waals surface area contributed by atoms with Gasteiger partial charge in [-0.1, -0.05) is 12.8 Å². The van der Waals surface area contributed by atoms with Gasteiger partial charge in [0.15, 0.2) is 0 Å². The molecule has 5 nitrogen and oxygen atoms in total. The monoisotopic (exact) mass is 296 g/mol. The summed E-state index contributed by atoms with van der Waals surface area (Å²) in [5.41, 5.74) is 0. The van der Waals surface area contributed by atoms with Crippen molar-refractivity contribution in [3.05, 3.63) is 12.3 Å². The van der Waals surface area contributed by atoms with E-state index in [0.29, 0.717) is 18.9 Å². The molecule has 1 saturated carbocycles. The summed E-state index contributed by atoms with van der Waals surface area (Å²) in [6.07, 6.45) is 9.27. The van der Waals surface area contributed by atoms with Gasteiger partial charge in [0.1, 0.15) is 18.5 Å². The van der Waals surface area contributed by atoms with E-state index in [1.54, 1.807) is 6.92 Å². The van der Waals surface area contributed by atoms with Gasteiger partial charge < -0.3 is 19.0 Å². The Kier molecular flexibility index (Phi) is 6.23. The largest absolute Gasteiger partial charge is 0.495 e. The molecule has 5 heteroatoms. The summed E-state index contributed by atoms with van der Waals surface area (Å²) in [6, 6.07) is 0. The normalized spacial score (nSPS) is 32.4. The minimum atomic E-state index is -0.420. The molecule has 2 aliphatic rings. The molecule has 2 fully saturated rings. The Bertz CT molecular complexity index is 379. The number of ether oxygens (including phenoxy) is 3. The molecule has 118 valence electrons. The van der Waals surface area contributed by atoms with Crippen molar-refractivity contribution in [1.82, 2.24) is 0 Å². The summed E-state index contributed by atoms with van der Waals surface area (Å²) in [5, 5.41) is 0. The van der Waals surface area contributed by atoms with E-state index in [2.05, 4.69) is 0 Å². The summed E-state index contributed by atoms with van der Waals surface area (Å²) in [5.74, 6) is 0.0827. The van der Waals surface area contributed by atoms with E-state index in [-0.39, 0.29) is 18.3 Å². The first-order chi connectivity index (χ1) is 10.2. The number of carbonyl (C=O) groups is 2. The van der Waals surface area contributed by atoms with E-state index in [1.165, 1.54) is 25.2 Å². The summed E-state index contributed by atoms with van der Waals surface area (Å²) in [7, 11) is 0. The van der Waals surface area contributed by atoms with Gasteiger partial charge in [0, 0.05) is 6.42 Å². The van der Waals surface area contributed by atoms with Gasteiger partial charge in [0.05, 0.1) is 25.0 Å². The second-order valence-electron chi connectivity index (χ2n) is 5.62. The molecule has 0 aromatic carbocycles. The highest BCUT2D eigenvalue weighted by Crippen LogP contribution is 2.37. The average Bonchev–Trinajstić information content (AvgIpc) is 2.48. The van der Waals surface area contributed by atoms with E-state index in [0.717, 1.165) is 25.5 Å². The van der Waals surface area contributed by atoms with Crippen LogP contribution in [0.1, 0.15) is 45.4 Å². The number of aldehydes is 1. The standard InChI is InChI=1S/C16H24O5/c1-2-19-16(18)8-10-20-15-11-12-5-3-4-6-13(12)21-14(15)7-9-17/h8-10,12-15H,2-7,11H2,1H3/b10-8+/t12-,13+,14-,15+/m0/s1. The van der Waals surface area contributed by atoms with Crippen LogP contribution in [0.3, 0.4) is 0 Å². The smallest absolute Gasteiger partial charge is 0.333 e. The van der Waals surface area contributed by atoms with Gasteiger partial charge in [0.2, 0.25) is 0 Å². The summed E-state index contributed by atoms with van der Waals surface area (Å²) >= 11 is 0. The van der Waals surface area contributed by atoms with Crippen molar-refractivity contribution in [2.45, 2.75) is 63.8 Å². The van der Waals surface area contributed by atoms with E-state index in [1.807, 2.05) is 0 Å². The molecule has 1 heterocycles. The van der Waals surface area contributed by atoms with E-state index in [4.69, 9.17) is 14.2 Å². The number of fused-ring (bicyclic) bond motifs is 1. The third kappa shape index (κ3) is 4.56. The number of rotatable bonds is 6. The zero-order valence-corrected chi connectivity index (χ0v) is 12.5. The van der Waals surface area contributed by atoms with Crippen LogP contribution < -0.4 is 0 Å². The predicted molar refractivity (Wildman–Crippen MR) is 76.6 cm³/mol. The van der Waals surface area contributed by atoms with Crippen LogP contribution in [-0.4, -0.2) is 37.2 Å². The van der Waals surface area contributed by atoms with Crippen LogP contribution in [0.15, 0.2) is 12.3 Å². The van der Waals surface area contributed by atoms with Gasteiger partial charge in [-0.25, -0.2) is 4.79 Å². The average molecular weight is 296 g/mol. The second kappa shape index (κ2) is 8.17. The summed E-state index contributed by atoms with van der Waals surface area (Å²) in [6.45, 7) is 2.10. The quantitative estimate of drug-likeness (QED) is 0.326. The number of esters is 1. The van der Waals surface area contributed by atoms with Gasteiger partial charge >= 0.3 is 5.97 Å². The highest BCUT2D eigenvalue weighted by molar-refractivity contribution is 5.81. The van der Waals surface area contributed by atoms with E-state index < -0.39 is 5.97 Å². The molecular formula is C16H24O5. The van der Waals surface area contributed by atoms with Crippen LogP contribution in [0, 0.1) is 5.92 Å². The van der Waals surface area contributed by atoms with Crippen molar-refractivity contribution in [2.24, 2.45) is 5.92 Å². The van der Waals surface area contributed by atoms with Gasteiger partial charge in [-0.2, -0.15) is 0 Å². The van der Waals surface area contributed by atoms with Crippen LogP contribution in [0.4, 0.5) is 0 Å². The minimum absolute atomic E-state index is 0.166. The molecule has 0 unspecified atom stereocenters. The maximum atomic E-state index is 11.2. The first kappa shape index (κ1) is 16.0. The highest BCUT2D eigenvalue weighted by Gasteiger charge is 2.39. The highest BCUT2D eigenvalue weighted by atomic mass is 16.6. The van der Waals surface area contributed by atoms with Crippen LogP contribution in [-0.2, 0) is 23.8 Å². The Morgan fingerprint density at radius 2 is 2.14 bits per heavy atom. The van der Waals surface area contributed by atoms with Crippen molar-refractivity contribution < 1.29 is 23.8 Å². The Hall–Kier alpha value is -1.36. The van der Waals surface area contributed by atoms with Gasteiger partial charge in [-0.3, -0.25) is 0 Å². The Morgan fingerprint density at radius 1 is 1.33 bits per heavy atom. The first-order valence-electron chi connectivity index (χ1n) is 7.82. The molecule has 1 aliphatic heterocycles. The lowest BCUT2D eigenvalue weighted by Gasteiger charge is -2.43. The lowest BCUT2D eigenvalue weighted by molar-refractivity contribution is -0.161. The maximum absolute atomic E-state index is 11.2. The van der Waals surface area contributed by atoms with Crippen LogP contribution in [0.25, 0.3) is 0 Å². The molecule has 1 aliphatic carbocycles. The van der Waals surface area contributed by atoms with Gasteiger partial charge in [0.25, 0.3) is 0 Å². The molecule has 2 rings (SSSR count). The lowest BCUT2D eigenvalue weighted by Crippen LogP contribution is -2.46. The molecule has 0 radical (unpaired) electrons.